The van der Waals surface area contributed by atoms with Crippen LogP contribution in [0.2, 0.25) is 5.02 Å². The van der Waals surface area contributed by atoms with Crippen LogP contribution in [-0.4, -0.2) is 11.7 Å². The number of amides is 1. The van der Waals surface area contributed by atoms with E-state index in [0.717, 1.165) is 0 Å². The van der Waals surface area contributed by atoms with Crippen molar-refractivity contribution in [1.29, 1.82) is 0 Å². The minimum atomic E-state index is -0.274. The Morgan fingerprint density at radius 3 is 2.76 bits per heavy atom. The van der Waals surface area contributed by atoms with Crippen molar-refractivity contribution >= 4 is 40.6 Å². The molecule has 0 aliphatic carbocycles. The predicted molar refractivity (Wildman–Crippen MR) is 86.2 cm³/mol. The van der Waals surface area contributed by atoms with E-state index < -0.39 is 0 Å². The van der Waals surface area contributed by atoms with Gasteiger partial charge in [-0.2, -0.15) is 0 Å². The van der Waals surface area contributed by atoms with Crippen molar-refractivity contribution < 1.29 is 9.18 Å². The Labute approximate surface area is 131 Å². The van der Waals surface area contributed by atoms with E-state index in [9.17, 15) is 9.18 Å². The van der Waals surface area contributed by atoms with Crippen molar-refractivity contribution in [2.75, 3.05) is 16.8 Å². The number of benzene rings is 2. The van der Waals surface area contributed by atoms with Gasteiger partial charge in [-0.05, 0) is 30.3 Å². The molecule has 0 spiro atoms. The zero-order valence-corrected chi connectivity index (χ0v) is 12.7. The summed E-state index contributed by atoms with van der Waals surface area (Å²) in [6.45, 7) is 0. The average molecular weight is 325 g/mol. The van der Waals surface area contributed by atoms with E-state index in [4.69, 9.17) is 17.3 Å². The van der Waals surface area contributed by atoms with Crippen LogP contribution in [0.4, 0.5) is 15.8 Å². The second kappa shape index (κ2) is 7.33. The fourth-order valence-electron chi connectivity index (χ4n) is 1.66. The van der Waals surface area contributed by atoms with Gasteiger partial charge in [0.2, 0.25) is 5.91 Å². The highest BCUT2D eigenvalue weighted by Gasteiger charge is 2.07. The zero-order chi connectivity index (χ0) is 15.2. The van der Waals surface area contributed by atoms with Gasteiger partial charge >= 0.3 is 0 Å². The average Bonchev–Trinajstić information content (AvgIpc) is 2.44. The third-order valence-electron chi connectivity index (χ3n) is 2.69. The van der Waals surface area contributed by atoms with E-state index in [-0.39, 0.29) is 18.1 Å². The van der Waals surface area contributed by atoms with Crippen molar-refractivity contribution in [3.63, 3.8) is 0 Å². The lowest BCUT2D eigenvalue weighted by Gasteiger charge is -2.08. The molecule has 0 radical (unpaired) electrons. The maximum absolute atomic E-state index is 13.4. The maximum atomic E-state index is 13.4. The highest BCUT2D eigenvalue weighted by molar-refractivity contribution is 7.99. The molecule has 2 aromatic rings. The molecule has 0 saturated carbocycles. The van der Waals surface area contributed by atoms with Crippen LogP contribution in [0.5, 0.6) is 0 Å². The number of nitrogens with two attached hydrogens (primary N) is 1. The molecule has 0 aliphatic rings. The smallest absolute Gasteiger partial charge is 0.225 e. The highest BCUT2D eigenvalue weighted by Crippen LogP contribution is 2.25. The molecule has 0 unspecified atom stereocenters. The van der Waals surface area contributed by atoms with Crippen LogP contribution in [0.15, 0.2) is 47.4 Å². The summed E-state index contributed by atoms with van der Waals surface area (Å²) in [7, 11) is 0. The van der Waals surface area contributed by atoms with Crippen molar-refractivity contribution in [1.82, 2.24) is 0 Å². The van der Waals surface area contributed by atoms with Crippen LogP contribution in [0.25, 0.3) is 0 Å². The Morgan fingerprint density at radius 2 is 2.05 bits per heavy atom. The molecule has 0 aliphatic heterocycles. The molecule has 1 amide bonds. The quantitative estimate of drug-likeness (QED) is 0.640. The lowest BCUT2D eigenvalue weighted by Crippen LogP contribution is -2.12. The summed E-state index contributed by atoms with van der Waals surface area (Å²) in [5.41, 5.74) is 6.64. The van der Waals surface area contributed by atoms with Gasteiger partial charge < -0.3 is 11.1 Å². The summed E-state index contributed by atoms with van der Waals surface area (Å²) in [6.07, 6.45) is 0.264. The molecular formula is C15H14ClFN2OS. The lowest BCUT2D eigenvalue weighted by atomic mass is 10.3. The van der Waals surface area contributed by atoms with Gasteiger partial charge in [0.25, 0.3) is 0 Å². The van der Waals surface area contributed by atoms with Crippen molar-refractivity contribution in [2.45, 2.75) is 11.3 Å². The molecule has 3 N–H and O–H groups in total. The first-order valence-corrected chi connectivity index (χ1v) is 7.65. The SMILES string of the molecule is Nc1ccc(NC(=O)CCSc2ccccc2F)c(Cl)c1. The number of carbonyl (C=O) groups excluding carboxylic acids is 1. The zero-order valence-electron chi connectivity index (χ0n) is 11.1. The molecule has 0 aromatic heterocycles. The topological polar surface area (TPSA) is 55.1 Å². The number of hydrogen-bond donors (Lipinski definition) is 2. The van der Waals surface area contributed by atoms with Crippen molar-refractivity contribution in [3.8, 4) is 0 Å². The molecule has 0 heterocycles. The molecule has 21 heavy (non-hydrogen) atoms. The summed E-state index contributed by atoms with van der Waals surface area (Å²) in [6, 6.07) is 11.4. The third kappa shape index (κ3) is 4.65. The number of anilines is 2. The Hall–Kier alpha value is -1.72. The van der Waals surface area contributed by atoms with Gasteiger partial charge in [-0.25, -0.2) is 4.39 Å². The van der Waals surface area contributed by atoms with Crippen LogP contribution >= 0.6 is 23.4 Å². The van der Waals surface area contributed by atoms with Crippen molar-refractivity contribution in [2.24, 2.45) is 0 Å². The van der Waals surface area contributed by atoms with Crippen LogP contribution in [-0.2, 0) is 4.79 Å². The number of nitrogens with one attached hydrogen (secondary N) is 1. The first-order valence-electron chi connectivity index (χ1n) is 6.28. The fraction of sp³-hybridized carbons (Fsp3) is 0.133. The normalized spacial score (nSPS) is 10.4. The van der Waals surface area contributed by atoms with Crippen LogP contribution < -0.4 is 11.1 Å². The van der Waals surface area contributed by atoms with Gasteiger partial charge in [-0.3, -0.25) is 4.79 Å². The number of thioether (sulfide) groups is 1. The van der Waals surface area contributed by atoms with Gasteiger partial charge in [0, 0.05) is 22.8 Å². The van der Waals surface area contributed by atoms with Crippen LogP contribution in [0.3, 0.4) is 0 Å². The predicted octanol–water partition coefficient (Wildman–Crippen LogP) is 4.18. The molecule has 0 saturated heterocycles. The summed E-state index contributed by atoms with van der Waals surface area (Å²) in [5, 5.41) is 3.10. The van der Waals surface area contributed by atoms with E-state index in [2.05, 4.69) is 5.32 Å². The maximum Gasteiger partial charge on any atom is 0.225 e. The lowest BCUT2D eigenvalue weighted by molar-refractivity contribution is -0.115. The molecule has 2 aromatic carbocycles. The molecule has 0 fully saturated rings. The monoisotopic (exact) mass is 324 g/mol. The van der Waals surface area contributed by atoms with E-state index >= 15 is 0 Å². The summed E-state index contributed by atoms with van der Waals surface area (Å²) in [4.78, 5) is 12.4. The van der Waals surface area contributed by atoms with E-state index in [1.54, 1.807) is 36.4 Å². The van der Waals surface area contributed by atoms with Crippen LogP contribution in [0.1, 0.15) is 6.42 Å². The van der Waals surface area contributed by atoms with Gasteiger partial charge in [0.05, 0.1) is 10.7 Å². The molecule has 110 valence electrons. The second-order valence-corrected chi connectivity index (χ2v) is 5.86. The van der Waals surface area contributed by atoms with E-state index in [0.29, 0.717) is 27.0 Å². The first-order chi connectivity index (χ1) is 10.1. The number of carbonyl (C=O) groups is 1. The fourth-order valence-corrected chi connectivity index (χ4v) is 2.79. The number of hydrogen-bond acceptors (Lipinski definition) is 3. The molecule has 3 nitrogen and oxygen atoms in total. The summed E-state index contributed by atoms with van der Waals surface area (Å²) >= 11 is 7.28. The van der Waals surface area contributed by atoms with Gasteiger partial charge in [0.1, 0.15) is 5.82 Å². The third-order valence-corrected chi connectivity index (χ3v) is 4.05. The molecular weight excluding hydrogens is 311 g/mol. The second-order valence-electron chi connectivity index (χ2n) is 4.32. The minimum absolute atomic E-state index is 0.175. The molecule has 0 atom stereocenters. The van der Waals surface area contributed by atoms with E-state index in [1.807, 2.05) is 0 Å². The first kappa shape index (κ1) is 15.7. The molecule has 6 heteroatoms. The number of rotatable bonds is 5. The standard InChI is InChI=1S/C15H14ClFN2OS/c16-11-9-10(18)5-6-13(11)19-15(20)7-8-21-14-4-2-1-3-12(14)17/h1-6,9H,7-8,18H2,(H,19,20). The minimum Gasteiger partial charge on any atom is -0.399 e. The Bertz CT molecular complexity index is 651. The van der Waals surface area contributed by atoms with E-state index in [1.165, 1.54) is 17.8 Å². The largest absolute Gasteiger partial charge is 0.399 e. The van der Waals surface area contributed by atoms with Crippen LogP contribution in [0, 0.1) is 5.82 Å². The summed E-state index contributed by atoms with van der Waals surface area (Å²) < 4.78 is 13.4. The Morgan fingerprint density at radius 1 is 1.29 bits per heavy atom. The molecule has 2 rings (SSSR count). The van der Waals surface area contributed by atoms with Gasteiger partial charge in [-0.15, -0.1) is 11.8 Å². The Balaban J connectivity index is 1.84. The Kier molecular flexibility index (Phi) is 5.47. The van der Waals surface area contributed by atoms with Crippen molar-refractivity contribution in [3.05, 3.63) is 53.3 Å². The highest BCUT2D eigenvalue weighted by atomic mass is 35.5. The number of nitrogen functional groups attached to an aromatic ring is 1. The van der Waals surface area contributed by atoms with Gasteiger partial charge in [-0.1, -0.05) is 23.7 Å². The summed E-state index contributed by atoms with van der Waals surface area (Å²) in [5.74, 6) is 0.0364. The molecule has 0 bridgehead atoms. The number of halogens is 2. The van der Waals surface area contributed by atoms with Gasteiger partial charge in [0.15, 0.2) is 0 Å².